The highest BCUT2D eigenvalue weighted by molar-refractivity contribution is 5.93. The van der Waals surface area contributed by atoms with Crippen LogP contribution in [0.2, 0.25) is 0 Å². The van der Waals surface area contributed by atoms with Crippen LogP contribution in [0.4, 0.5) is 0 Å². The zero-order chi connectivity index (χ0) is 20.1. The molecule has 1 aromatic heterocycles. The van der Waals surface area contributed by atoms with Crippen LogP contribution in [0.3, 0.4) is 0 Å². The first-order valence-electron chi connectivity index (χ1n) is 9.82. The number of aryl methyl sites for hydroxylation is 1. The number of hydrogen-bond acceptors (Lipinski definition) is 4. The molecule has 0 saturated carbocycles. The van der Waals surface area contributed by atoms with Gasteiger partial charge in [-0.1, -0.05) is 29.8 Å². The second kappa shape index (κ2) is 9.06. The van der Waals surface area contributed by atoms with Gasteiger partial charge in [-0.25, -0.2) is 4.79 Å². The number of rotatable bonds is 7. The molecule has 1 amide bonds. The maximum atomic E-state index is 12.6. The highest BCUT2D eigenvalue weighted by Crippen LogP contribution is 2.27. The van der Waals surface area contributed by atoms with Crippen molar-refractivity contribution in [2.75, 3.05) is 19.8 Å². The summed E-state index contributed by atoms with van der Waals surface area (Å²) in [5.41, 5.74) is 4.15. The molecule has 3 rings (SSSR count). The molecule has 1 fully saturated rings. The van der Waals surface area contributed by atoms with Crippen LogP contribution in [-0.2, 0) is 20.8 Å². The van der Waals surface area contributed by atoms with E-state index in [9.17, 15) is 9.59 Å². The first-order valence-corrected chi connectivity index (χ1v) is 9.82. The average Bonchev–Trinajstić information content (AvgIpc) is 3.30. The number of amides is 1. The van der Waals surface area contributed by atoms with Crippen LogP contribution in [0.25, 0.3) is 11.3 Å². The Balaban J connectivity index is 1.85. The Labute approximate surface area is 165 Å². The number of nitrogens with one attached hydrogen (secondary N) is 1. The first-order chi connectivity index (χ1) is 13.5. The number of hydrogen-bond donors (Lipinski definition) is 1. The molecule has 150 valence electrons. The van der Waals surface area contributed by atoms with Gasteiger partial charge in [0.05, 0.1) is 18.3 Å². The molecule has 0 spiro atoms. The number of carbonyl (C=O) groups is 2. The second-order valence-electron chi connectivity index (χ2n) is 7.14. The molecule has 0 aliphatic carbocycles. The van der Waals surface area contributed by atoms with Gasteiger partial charge in [-0.3, -0.25) is 4.79 Å². The van der Waals surface area contributed by atoms with Crippen molar-refractivity contribution in [1.29, 1.82) is 0 Å². The third-order valence-corrected chi connectivity index (χ3v) is 5.06. The van der Waals surface area contributed by atoms with Gasteiger partial charge in [0.2, 0.25) is 5.91 Å². The summed E-state index contributed by atoms with van der Waals surface area (Å²) in [4.78, 5) is 24.9. The van der Waals surface area contributed by atoms with Crippen molar-refractivity contribution in [2.45, 2.75) is 46.3 Å². The smallest absolute Gasteiger partial charge is 0.339 e. The minimum atomic E-state index is -0.369. The third kappa shape index (κ3) is 4.62. The molecule has 2 aromatic rings. The number of esters is 1. The molecule has 1 aliphatic rings. The monoisotopic (exact) mass is 384 g/mol. The van der Waals surface area contributed by atoms with Crippen LogP contribution in [0, 0.1) is 13.8 Å². The molecule has 1 atom stereocenters. The van der Waals surface area contributed by atoms with Gasteiger partial charge in [0.1, 0.15) is 6.54 Å². The lowest BCUT2D eigenvalue weighted by Gasteiger charge is -2.14. The molecular formula is C22H28N2O4. The Bertz CT molecular complexity index is 833. The summed E-state index contributed by atoms with van der Waals surface area (Å²) in [5.74, 6) is -0.468. The molecule has 1 aliphatic heterocycles. The number of carbonyl (C=O) groups excluding carboxylic acids is 2. The molecule has 0 radical (unpaired) electrons. The largest absolute Gasteiger partial charge is 0.462 e. The molecular weight excluding hydrogens is 356 g/mol. The summed E-state index contributed by atoms with van der Waals surface area (Å²) in [6, 6.07) is 9.85. The van der Waals surface area contributed by atoms with Crippen LogP contribution in [0.5, 0.6) is 0 Å². The van der Waals surface area contributed by atoms with E-state index in [1.165, 1.54) is 0 Å². The van der Waals surface area contributed by atoms with Gasteiger partial charge < -0.3 is 19.4 Å². The molecule has 6 heteroatoms. The minimum Gasteiger partial charge on any atom is -0.462 e. The Morgan fingerprint density at radius 3 is 2.64 bits per heavy atom. The molecule has 0 bridgehead atoms. The number of benzene rings is 1. The van der Waals surface area contributed by atoms with Crippen LogP contribution in [0.15, 0.2) is 30.3 Å². The van der Waals surface area contributed by atoms with Gasteiger partial charge >= 0.3 is 5.97 Å². The van der Waals surface area contributed by atoms with E-state index in [0.29, 0.717) is 18.7 Å². The van der Waals surface area contributed by atoms with Crippen molar-refractivity contribution in [3.05, 3.63) is 47.2 Å². The van der Waals surface area contributed by atoms with Crippen LogP contribution >= 0.6 is 0 Å². The Morgan fingerprint density at radius 1 is 1.25 bits per heavy atom. The average molecular weight is 384 g/mol. The summed E-state index contributed by atoms with van der Waals surface area (Å²) in [5, 5.41) is 2.95. The van der Waals surface area contributed by atoms with E-state index in [2.05, 4.69) is 5.32 Å². The Kier molecular flexibility index (Phi) is 6.52. The van der Waals surface area contributed by atoms with Crippen molar-refractivity contribution in [3.8, 4) is 11.3 Å². The van der Waals surface area contributed by atoms with Gasteiger partial charge in [0, 0.05) is 24.5 Å². The molecule has 1 N–H and O–H groups in total. The minimum absolute atomic E-state index is 0.0985. The Morgan fingerprint density at radius 2 is 2.00 bits per heavy atom. The lowest BCUT2D eigenvalue weighted by Crippen LogP contribution is -2.34. The third-order valence-electron chi connectivity index (χ3n) is 5.06. The topological polar surface area (TPSA) is 69.6 Å². The molecule has 0 unspecified atom stereocenters. The summed E-state index contributed by atoms with van der Waals surface area (Å²) < 4.78 is 12.6. The zero-order valence-corrected chi connectivity index (χ0v) is 16.8. The lowest BCUT2D eigenvalue weighted by atomic mass is 10.1. The highest BCUT2D eigenvalue weighted by Gasteiger charge is 2.22. The lowest BCUT2D eigenvalue weighted by molar-refractivity contribution is -0.122. The second-order valence-corrected chi connectivity index (χ2v) is 7.14. The van der Waals surface area contributed by atoms with E-state index >= 15 is 0 Å². The standard InChI is InChI=1S/C22H28N2O4/c1-4-27-22(26)19-12-20(17-9-7-15(2)8-10-17)24(16(19)3)14-21(25)23-13-18-6-5-11-28-18/h7-10,12,18H,4-6,11,13-14H2,1-3H3,(H,23,25)/t18-/m1/s1. The maximum absolute atomic E-state index is 12.6. The summed E-state index contributed by atoms with van der Waals surface area (Å²) >= 11 is 0. The highest BCUT2D eigenvalue weighted by atomic mass is 16.5. The van der Waals surface area contributed by atoms with E-state index in [1.54, 1.807) is 6.92 Å². The van der Waals surface area contributed by atoms with Gasteiger partial charge in [-0.05, 0) is 45.2 Å². The fourth-order valence-electron chi connectivity index (χ4n) is 3.46. The maximum Gasteiger partial charge on any atom is 0.339 e. The van der Waals surface area contributed by atoms with Crippen molar-refractivity contribution in [2.24, 2.45) is 0 Å². The van der Waals surface area contributed by atoms with E-state index in [-0.39, 0.29) is 24.5 Å². The molecule has 6 nitrogen and oxygen atoms in total. The van der Waals surface area contributed by atoms with Gasteiger partial charge in [-0.2, -0.15) is 0 Å². The van der Waals surface area contributed by atoms with Crippen molar-refractivity contribution in [1.82, 2.24) is 9.88 Å². The molecule has 1 aromatic carbocycles. The molecule has 2 heterocycles. The number of nitrogens with zero attached hydrogens (tertiary/aromatic N) is 1. The zero-order valence-electron chi connectivity index (χ0n) is 16.8. The SMILES string of the molecule is CCOC(=O)c1cc(-c2ccc(C)cc2)n(CC(=O)NC[C@H]2CCCO2)c1C. The summed E-state index contributed by atoms with van der Waals surface area (Å²) in [6.45, 7) is 7.38. The molecule has 1 saturated heterocycles. The van der Waals surface area contributed by atoms with Crippen molar-refractivity contribution >= 4 is 11.9 Å². The van der Waals surface area contributed by atoms with Crippen molar-refractivity contribution < 1.29 is 19.1 Å². The van der Waals surface area contributed by atoms with E-state index in [1.807, 2.05) is 48.7 Å². The van der Waals surface area contributed by atoms with Gasteiger partial charge in [0.15, 0.2) is 0 Å². The normalized spacial score (nSPS) is 16.2. The Hall–Kier alpha value is -2.60. The first kappa shape index (κ1) is 20.1. The molecule has 28 heavy (non-hydrogen) atoms. The van der Waals surface area contributed by atoms with Gasteiger partial charge in [-0.15, -0.1) is 0 Å². The van der Waals surface area contributed by atoms with Crippen molar-refractivity contribution in [3.63, 3.8) is 0 Å². The van der Waals surface area contributed by atoms with Crippen LogP contribution in [-0.4, -0.2) is 42.3 Å². The van der Waals surface area contributed by atoms with E-state index in [0.717, 1.165) is 42.0 Å². The quantitative estimate of drug-likeness (QED) is 0.744. The predicted octanol–water partition coefficient (Wildman–Crippen LogP) is 3.24. The van der Waals surface area contributed by atoms with E-state index < -0.39 is 0 Å². The van der Waals surface area contributed by atoms with E-state index in [4.69, 9.17) is 9.47 Å². The predicted molar refractivity (Wildman–Crippen MR) is 107 cm³/mol. The number of ether oxygens (including phenoxy) is 2. The number of aromatic nitrogens is 1. The fourth-order valence-corrected chi connectivity index (χ4v) is 3.46. The van der Waals surface area contributed by atoms with Crippen LogP contribution < -0.4 is 5.32 Å². The van der Waals surface area contributed by atoms with Crippen LogP contribution in [0.1, 0.15) is 41.4 Å². The summed E-state index contributed by atoms with van der Waals surface area (Å²) in [6.07, 6.45) is 2.11. The van der Waals surface area contributed by atoms with Gasteiger partial charge in [0.25, 0.3) is 0 Å². The fraction of sp³-hybridized carbons (Fsp3) is 0.455. The summed E-state index contributed by atoms with van der Waals surface area (Å²) in [7, 11) is 0.